The Kier molecular flexibility index (Phi) is 7.57. The SMILES string of the molecule is Cc1c(N2CCN(C(=O)OC(C)C)CC2)nc2cc(F)cc(F)c2c1N(c1cccnc1)C1COCCN1. The Balaban J connectivity index is 1.61. The minimum absolute atomic E-state index is 0.201. The Morgan fingerprint density at radius 2 is 2.03 bits per heavy atom. The molecule has 0 bridgehead atoms. The van der Waals surface area contributed by atoms with Crippen molar-refractivity contribution >= 4 is 34.2 Å². The molecule has 2 aliphatic heterocycles. The van der Waals surface area contributed by atoms with Gasteiger partial charge in [-0.05, 0) is 32.9 Å². The molecule has 9 nitrogen and oxygen atoms in total. The van der Waals surface area contributed by atoms with E-state index < -0.39 is 11.6 Å². The number of halogens is 2. The molecule has 0 saturated carbocycles. The smallest absolute Gasteiger partial charge is 0.410 e. The van der Waals surface area contributed by atoms with E-state index in [0.29, 0.717) is 57.4 Å². The third-order valence-corrected chi connectivity index (χ3v) is 6.74. The van der Waals surface area contributed by atoms with Crippen molar-refractivity contribution in [3.8, 4) is 0 Å². The lowest BCUT2D eigenvalue weighted by atomic mass is 10.0. The van der Waals surface area contributed by atoms with Gasteiger partial charge in [-0.15, -0.1) is 0 Å². The minimum Gasteiger partial charge on any atom is -0.447 e. The molecule has 0 aliphatic carbocycles. The number of nitrogens with one attached hydrogen (secondary N) is 1. The number of hydrogen-bond acceptors (Lipinski definition) is 8. The number of amides is 1. The number of rotatable bonds is 5. The Morgan fingerprint density at radius 1 is 1.24 bits per heavy atom. The Hall–Kier alpha value is -3.57. The van der Waals surface area contributed by atoms with Gasteiger partial charge in [0.15, 0.2) is 0 Å². The summed E-state index contributed by atoms with van der Waals surface area (Å²) in [6.45, 7) is 8.99. The maximum absolute atomic E-state index is 15.5. The fourth-order valence-electron chi connectivity index (χ4n) is 5.04. The first-order chi connectivity index (χ1) is 18.3. The maximum Gasteiger partial charge on any atom is 0.410 e. The average Bonchev–Trinajstić information content (AvgIpc) is 2.91. The Morgan fingerprint density at radius 3 is 2.68 bits per heavy atom. The summed E-state index contributed by atoms with van der Waals surface area (Å²) in [6.07, 6.45) is 2.53. The van der Waals surface area contributed by atoms with Crippen LogP contribution in [0.3, 0.4) is 0 Å². The van der Waals surface area contributed by atoms with Gasteiger partial charge in [0.25, 0.3) is 0 Å². The molecule has 1 N–H and O–H groups in total. The van der Waals surface area contributed by atoms with E-state index >= 15 is 4.39 Å². The number of morpholine rings is 1. The van der Waals surface area contributed by atoms with Crippen LogP contribution in [-0.2, 0) is 9.47 Å². The van der Waals surface area contributed by atoms with Crippen LogP contribution < -0.4 is 15.1 Å². The normalized spacial score (nSPS) is 18.2. The van der Waals surface area contributed by atoms with Crippen molar-refractivity contribution in [3.63, 3.8) is 0 Å². The second-order valence-corrected chi connectivity index (χ2v) is 9.72. The van der Waals surface area contributed by atoms with Crippen molar-refractivity contribution in [1.82, 2.24) is 20.2 Å². The van der Waals surface area contributed by atoms with Gasteiger partial charge in [0.05, 0.1) is 47.8 Å². The van der Waals surface area contributed by atoms with E-state index in [0.717, 1.165) is 17.3 Å². The number of piperazine rings is 1. The van der Waals surface area contributed by atoms with Gasteiger partial charge in [0.1, 0.15) is 23.6 Å². The predicted octanol–water partition coefficient (Wildman–Crippen LogP) is 3.97. The molecule has 4 heterocycles. The zero-order chi connectivity index (χ0) is 26.8. The van der Waals surface area contributed by atoms with Gasteiger partial charge >= 0.3 is 6.09 Å². The van der Waals surface area contributed by atoms with E-state index in [1.807, 2.05) is 42.7 Å². The molecule has 2 saturated heterocycles. The molecule has 1 unspecified atom stereocenters. The van der Waals surface area contributed by atoms with Crippen LogP contribution in [0.25, 0.3) is 10.9 Å². The molecule has 1 atom stereocenters. The molecule has 2 aliphatic rings. The quantitative estimate of drug-likeness (QED) is 0.535. The first kappa shape index (κ1) is 26.1. The van der Waals surface area contributed by atoms with Crippen LogP contribution in [0.1, 0.15) is 19.4 Å². The topological polar surface area (TPSA) is 83.1 Å². The zero-order valence-electron chi connectivity index (χ0n) is 21.8. The fraction of sp³-hybridized carbons (Fsp3) is 0.444. The number of hydrogen-bond donors (Lipinski definition) is 1. The number of anilines is 3. The number of ether oxygens (including phenoxy) is 2. The predicted molar refractivity (Wildman–Crippen MR) is 141 cm³/mol. The molecule has 202 valence electrons. The zero-order valence-corrected chi connectivity index (χ0v) is 21.8. The van der Waals surface area contributed by atoms with Crippen LogP contribution in [0.4, 0.5) is 30.8 Å². The molecule has 1 amide bonds. The highest BCUT2D eigenvalue weighted by atomic mass is 19.1. The van der Waals surface area contributed by atoms with Crippen molar-refractivity contribution in [2.45, 2.75) is 33.0 Å². The summed E-state index contributed by atoms with van der Waals surface area (Å²) in [6, 6.07) is 5.86. The van der Waals surface area contributed by atoms with Gasteiger partial charge in [-0.2, -0.15) is 0 Å². The van der Waals surface area contributed by atoms with E-state index in [2.05, 4.69) is 10.3 Å². The second kappa shape index (κ2) is 11.0. The highest BCUT2D eigenvalue weighted by Crippen LogP contribution is 2.41. The number of fused-ring (bicyclic) bond motifs is 1. The lowest BCUT2D eigenvalue weighted by Crippen LogP contribution is -2.52. The number of nitrogens with zero attached hydrogens (tertiary/aromatic N) is 5. The lowest BCUT2D eigenvalue weighted by Gasteiger charge is -2.40. The van der Waals surface area contributed by atoms with E-state index in [1.165, 1.54) is 6.07 Å². The van der Waals surface area contributed by atoms with Gasteiger partial charge in [0, 0.05) is 56.6 Å². The van der Waals surface area contributed by atoms with E-state index in [1.54, 1.807) is 17.3 Å². The maximum atomic E-state index is 15.5. The van der Waals surface area contributed by atoms with Crippen LogP contribution >= 0.6 is 0 Å². The van der Waals surface area contributed by atoms with Crippen LogP contribution in [-0.4, -0.2) is 79.2 Å². The Bertz CT molecular complexity index is 1300. The van der Waals surface area contributed by atoms with Gasteiger partial charge in [-0.25, -0.2) is 18.6 Å². The van der Waals surface area contributed by atoms with Crippen molar-refractivity contribution in [1.29, 1.82) is 0 Å². The standard InChI is InChI=1S/C27H32F2N6O3/c1-17(2)38-27(36)34-10-8-33(9-11-34)26-18(3)25(24-21(29)13-19(28)14-22(24)32-26)35(20-5-4-6-30-15-20)23-16-37-12-7-31-23/h4-6,13-15,17,23,31H,7-12,16H2,1-3H3. The third kappa shape index (κ3) is 5.21. The van der Waals surface area contributed by atoms with E-state index in [9.17, 15) is 9.18 Å². The molecule has 38 heavy (non-hydrogen) atoms. The Labute approximate surface area is 220 Å². The van der Waals surface area contributed by atoms with Crippen molar-refractivity contribution in [2.24, 2.45) is 0 Å². The van der Waals surface area contributed by atoms with Gasteiger partial charge in [-0.3, -0.25) is 10.3 Å². The third-order valence-electron chi connectivity index (χ3n) is 6.74. The van der Waals surface area contributed by atoms with Gasteiger partial charge < -0.3 is 24.2 Å². The van der Waals surface area contributed by atoms with Crippen LogP contribution in [0.2, 0.25) is 0 Å². The number of aromatic nitrogens is 2. The summed E-state index contributed by atoms with van der Waals surface area (Å²) in [5.74, 6) is -0.777. The molecule has 0 radical (unpaired) electrons. The van der Waals surface area contributed by atoms with Crippen molar-refractivity contribution in [3.05, 3.63) is 53.9 Å². The summed E-state index contributed by atoms with van der Waals surface area (Å²) < 4.78 is 41.0. The van der Waals surface area contributed by atoms with E-state index in [-0.39, 0.29) is 29.3 Å². The van der Waals surface area contributed by atoms with Gasteiger partial charge in [0.2, 0.25) is 0 Å². The largest absolute Gasteiger partial charge is 0.447 e. The lowest BCUT2D eigenvalue weighted by molar-refractivity contribution is 0.0751. The number of carbonyl (C=O) groups excluding carboxylic acids is 1. The second-order valence-electron chi connectivity index (χ2n) is 9.72. The summed E-state index contributed by atoms with van der Waals surface area (Å²) >= 11 is 0. The molecule has 2 aromatic heterocycles. The number of pyridine rings is 2. The average molecular weight is 527 g/mol. The molecule has 5 rings (SSSR count). The van der Waals surface area contributed by atoms with Crippen LogP contribution in [0.15, 0.2) is 36.7 Å². The first-order valence-electron chi connectivity index (χ1n) is 12.8. The van der Waals surface area contributed by atoms with Crippen molar-refractivity contribution < 1.29 is 23.0 Å². The monoisotopic (exact) mass is 526 g/mol. The molecular formula is C27H32F2N6O3. The molecule has 11 heteroatoms. The molecular weight excluding hydrogens is 494 g/mol. The molecule has 1 aromatic carbocycles. The van der Waals surface area contributed by atoms with Gasteiger partial charge in [-0.1, -0.05) is 0 Å². The molecule has 2 fully saturated rings. The minimum atomic E-state index is -0.698. The van der Waals surface area contributed by atoms with Crippen molar-refractivity contribution in [2.75, 3.05) is 55.7 Å². The number of benzene rings is 1. The summed E-state index contributed by atoms with van der Waals surface area (Å²) in [7, 11) is 0. The van der Waals surface area contributed by atoms with E-state index in [4.69, 9.17) is 14.5 Å². The first-order valence-corrected chi connectivity index (χ1v) is 12.8. The summed E-state index contributed by atoms with van der Waals surface area (Å²) in [5, 5.41) is 3.68. The summed E-state index contributed by atoms with van der Waals surface area (Å²) in [5.41, 5.74) is 2.25. The highest BCUT2D eigenvalue weighted by molar-refractivity contribution is 5.98. The fourth-order valence-corrected chi connectivity index (χ4v) is 5.04. The highest BCUT2D eigenvalue weighted by Gasteiger charge is 2.31. The van der Waals surface area contributed by atoms with Crippen LogP contribution in [0, 0.1) is 18.6 Å². The summed E-state index contributed by atoms with van der Waals surface area (Å²) in [4.78, 5) is 27.1. The van der Waals surface area contributed by atoms with Crippen LogP contribution in [0.5, 0.6) is 0 Å². The molecule has 3 aromatic rings. The number of carbonyl (C=O) groups is 1. The molecule has 0 spiro atoms.